The quantitative estimate of drug-likeness (QED) is 0.515. The van der Waals surface area contributed by atoms with Crippen LogP contribution in [0.25, 0.3) is 0 Å². The second kappa shape index (κ2) is 4.04. The van der Waals surface area contributed by atoms with Crippen molar-refractivity contribution < 1.29 is 0 Å². The van der Waals surface area contributed by atoms with Gasteiger partial charge in [0.15, 0.2) is 0 Å². The van der Waals surface area contributed by atoms with Crippen LogP contribution in [0.1, 0.15) is 19.8 Å². The van der Waals surface area contributed by atoms with Crippen LogP contribution in [0, 0.1) is 0 Å². The van der Waals surface area contributed by atoms with Gasteiger partial charge in [0.2, 0.25) is 0 Å². The lowest BCUT2D eigenvalue weighted by Crippen LogP contribution is -2.01. The third-order valence-corrected chi connectivity index (χ3v) is 1.47. The fourth-order valence-corrected chi connectivity index (χ4v) is 0.921. The highest BCUT2D eigenvalue weighted by molar-refractivity contribution is 5.72. The Bertz CT molecular complexity index is 166. The smallest absolute Gasteiger partial charge is 0.0714 e. The summed E-state index contributed by atoms with van der Waals surface area (Å²) in [6.07, 6.45) is 12.5. The van der Waals surface area contributed by atoms with Crippen LogP contribution in [0.15, 0.2) is 29.3 Å². The first kappa shape index (κ1) is 7.26. The van der Waals surface area contributed by atoms with Crippen molar-refractivity contribution in [1.82, 2.24) is 0 Å². The molecule has 1 aliphatic heterocycles. The molecule has 0 aromatic carbocycles. The van der Waals surface area contributed by atoms with E-state index in [1.165, 1.54) is 0 Å². The van der Waals surface area contributed by atoms with E-state index in [1.54, 1.807) is 0 Å². The standard InChI is InChI=1S/C9H13N/c1-2-3-6-9-7-4-5-8-10-9/h3-6,8-9H,2,7H2,1H3. The Kier molecular flexibility index (Phi) is 2.94. The second-order valence-corrected chi connectivity index (χ2v) is 2.37. The third-order valence-electron chi connectivity index (χ3n) is 1.47. The maximum absolute atomic E-state index is 4.27. The number of hydrogen-bond acceptors (Lipinski definition) is 1. The van der Waals surface area contributed by atoms with E-state index in [-0.39, 0.29) is 0 Å². The molecule has 1 aliphatic rings. The highest BCUT2D eigenvalue weighted by atomic mass is 14.8. The zero-order valence-electron chi connectivity index (χ0n) is 6.33. The Labute approximate surface area is 62.2 Å². The molecular formula is C9H13N. The van der Waals surface area contributed by atoms with Crippen molar-refractivity contribution >= 4 is 6.21 Å². The Morgan fingerprint density at radius 3 is 3.20 bits per heavy atom. The molecule has 0 saturated carbocycles. The lowest BCUT2D eigenvalue weighted by Gasteiger charge is -2.05. The van der Waals surface area contributed by atoms with Gasteiger partial charge in [0.1, 0.15) is 0 Å². The second-order valence-electron chi connectivity index (χ2n) is 2.37. The molecule has 1 heteroatoms. The summed E-state index contributed by atoms with van der Waals surface area (Å²) in [7, 11) is 0. The van der Waals surface area contributed by atoms with Crippen molar-refractivity contribution in [3.8, 4) is 0 Å². The van der Waals surface area contributed by atoms with Crippen LogP contribution in [0.2, 0.25) is 0 Å². The van der Waals surface area contributed by atoms with E-state index < -0.39 is 0 Å². The minimum Gasteiger partial charge on any atom is -0.285 e. The highest BCUT2D eigenvalue weighted by Crippen LogP contribution is 2.04. The topological polar surface area (TPSA) is 12.4 Å². The molecule has 0 radical (unpaired) electrons. The SMILES string of the molecule is CCC=CC1CC=CC=N1. The van der Waals surface area contributed by atoms with Crippen LogP contribution in [-0.2, 0) is 0 Å². The van der Waals surface area contributed by atoms with Gasteiger partial charge in [0, 0.05) is 6.21 Å². The van der Waals surface area contributed by atoms with Crippen LogP contribution in [0.5, 0.6) is 0 Å². The van der Waals surface area contributed by atoms with Gasteiger partial charge >= 0.3 is 0 Å². The van der Waals surface area contributed by atoms with Gasteiger partial charge in [0.25, 0.3) is 0 Å². The van der Waals surface area contributed by atoms with Crippen LogP contribution >= 0.6 is 0 Å². The molecule has 1 nitrogen and oxygen atoms in total. The molecule has 1 heterocycles. The lowest BCUT2D eigenvalue weighted by atomic mass is 10.1. The number of hydrogen-bond donors (Lipinski definition) is 0. The fraction of sp³-hybridized carbons (Fsp3) is 0.444. The van der Waals surface area contributed by atoms with Crippen molar-refractivity contribution in [3.05, 3.63) is 24.3 Å². The summed E-state index contributed by atoms with van der Waals surface area (Å²) in [6.45, 7) is 2.14. The van der Waals surface area contributed by atoms with Crippen LogP contribution < -0.4 is 0 Å². The summed E-state index contributed by atoms with van der Waals surface area (Å²) >= 11 is 0. The molecule has 1 rings (SSSR count). The number of nitrogens with zero attached hydrogens (tertiary/aromatic N) is 1. The van der Waals surface area contributed by atoms with Gasteiger partial charge < -0.3 is 0 Å². The summed E-state index contributed by atoms with van der Waals surface area (Å²) in [6, 6.07) is 0.407. The number of allylic oxidation sites excluding steroid dienone is 2. The zero-order valence-corrected chi connectivity index (χ0v) is 6.33. The van der Waals surface area contributed by atoms with Gasteiger partial charge in [-0.2, -0.15) is 0 Å². The molecule has 0 bridgehead atoms. The summed E-state index contributed by atoms with van der Waals surface area (Å²) in [5.74, 6) is 0. The average Bonchev–Trinajstić information content (AvgIpc) is 2.03. The Balaban J connectivity index is 2.36. The summed E-state index contributed by atoms with van der Waals surface area (Å²) < 4.78 is 0. The number of dihydropyridines is 1. The van der Waals surface area contributed by atoms with E-state index in [9.17, 15) is 0 Å². The molecule has 54 valence electrons. The van der Waals surface area contributed by atoms with Gasteiger partial charge in [-0.1, -0.05) is 25.2 Å². The van der Waals surface area contributed by atoms with Crippen molar-refractivity contribution in [2.24, 2.45) is 4.99 Å². The monoisotopic (exact) mass is 135 g/mol. The zero-order chi connectivity index (χ0) is 7.23. The van der Waals surface area contributed by atoms with Crippen molar-refractivity contribution in [3.63, 3.8) is 0 Å². The summed E-state index contributed by atoms with van der Waals surface area (Å²) in [5, 5.41) is 0. The fourth-order valence-electron chi connectivity index (χ4n) is 0.921. The van der Waals surface area contributed by atoms with E-state index in [0.717, 1.165) is 12.8 Å². The molecule has 0 aromatic rings. The molecule has 10 heavy (non-hydrogen) atoms. The molecule has 0 saturated heterocycles. The molecular weight excluding hydrogens is 122 g/mol. The summed E-state index contributed by atoms with van der Waals surface area (Å²) in [5.41, 5.74) is 0. The Hall–Kier alpha value is -0.850. The highest BCUT2D eigenvalue weighted by Gasteiger charge is 1.98. The predicted octanol–water partition coefficient (Wildman–Crippen LogP) is 2.35. The Morgan fingerprint density at radius 2 is 2.60 bits per heavy atom. The molecule has 1 unspecified atom stereocenters. The molecule has 0 N–H and O–H groups in total. The van der Waals surface area contributed by atoms with E-state index in [4.69, 9.17) is 0 Å². The van der Waals surface area contributed by atoms with Gasteiger partial charge in [-0.05, 0) is 18.9 Å². The molecule has 0 aromatic heterocycles. The van der Waals surface area contributed by atoms with E-state index in [1.807, 2.05) is 12.3 Å². The van der Waals surface area contributed by atoms with Crippen LogP contribution in [0.3, 0.4) is 0 Å². The van der Waals surface area contributed by atoms with Gasteiger partial charge in [-0.3, -0.25) is 4.99 Å². The van der Waals surface area contributed by atoms with Crippen LogP contribution in [0.4, 0.5) is 0 Å². The van der Waals surface area contributed by atoms with Gasteiger partial charge in [-0.25, -0.2) is 0 Å². The molecule has 0 spiro atoms. The average molecular weight is 135 g/mol. The minimum absolute atomic E-state index is 0.407. The minimum atomic E-state index is 0.407. The summed E-state index contributed by atoms with van der Waals surface area (Å²) in [4.78, 5) is 4.27. The maximum Gasteiger partial charge on any atom is 0.0714 e. The number of rotatable bonds is 2. The molecule has 0 fully saturated rings. The Morgan fingerprint density at radius 1 is 1.70 bits per heavy atom. The van der Waals surface area contributed by atoms with Crippen molar-refractivity contribution in [2.45, 2.75) is 25.8 Å². The van der Waals surface area contributed by atoms with Gasteiger partial charge in [0.05, 0.1) is 6.04 Å². The lowest BCUT2D eigenvalue weighted by molar-refractivity contribution is 0.828. The van der Waals surface area contributed by atoms with Crippen molar-refractivity contribution in [2.75, 3.05) is 0 Å². The first-order valence-corrected chi connectivity index (χ1v) is 3.78. The first-order valence-electron chi connectivity index (χ1n) is 3.78. The molecule has 1 atom stereocenters. The maximum atomic E-state index is 4.27. The third kappa shape index (κ3) is 2.18. The normalized spacial score (nSPS) is 24.3. The number of aliphatic imine (C=N–C) groups is 1. The predicted molar refractivity (Wildman–Crippen MR) is 45.5 cm³/mol. The first-order chi connectivity index (χ1) is 4.93. The van der Waals surface area contributed by atoms with E-state index in [0.29, 0.717) is 6.04 Å². The largest absolute Gasteiger partial charge is 0.285 e. The molecule has 0 aliphatic carbocycles. The molecule has 0 amide bonds. The van der Waals surface area contributed by atoms with E-state index in [2.05, 4.69) is 30.1 Å². The van der Waals surface area contributed by atoms with Crippen LogP contribution in [-0.4, -0.2) is 12.3 Å². The van der Waals surface area contributed by atoms with E-state index >= 15 is 0 Å². The van der Waals surface area contributed by atoms with Crippen molar-refractivity contribution in [1.29, 1.82) is 0 Å². The van der Waals surface area contributed by atoms with Gasteiger partial charge in [-0.15, -0.1) is 0 Å².